The van der Waals surface area contributed by atoms with Crippen molar-refractivity contribution in [3.63, 3.8) is 0 Å². The molecule has 2 N–H and O–H groups in total. The fourth-order valence-corrected chi connectivity index (χ4v) is 5.74. The summed E-state index contributed by atoms with van der Waals surface area (Å²) in [6.45, 7) is 11.8. The second-order valence-corrected chi connectivity index (χ2v) is 12.3. The first-order chi connectivity index (χ1) is 20.1. The lowest BCUT2D eigenvalue weighted by Crippen LogP contribution is -2.52. The normalized spacial score (nSPS) is 20.0. The Bertz CT molecular complexity index is 1290. The number of Topliss-reactive ketones (excluding diaryl/α,β-unsaturated/α-hetero) is 1. The monoisotopic (exact) mass is 619 g/mol. The van der Waals surface area contributed by atoms with Crippen LogP contribution in [0.25, 0.3) is 0 Å². The Balaban J connectivity index is 0.00000506. The standard InChI is InChI=1S/C31H45N5O6.ClH/c1-20(2)17-26(27(37)30-34-36(18-21(3)4)31(40)42-30)33-29(39)24-11-7-8-12-25(24)32-28(38)23-10-6-5-9-22(23)19-35-13-15-41-16-14-35;/h5-6,9-10,20-21,24-26H,7-8,11-19H2,1-4H3,(H,32,38)(H,33,39);1H/t24-,25+,26?;/m1./s1. The number of aromatic nitrogens is 2. The third kappa shape index (κ3) is 9.48. The van der Waals surface area contributed by atoms with Crippen LogP contribution < -0.4 is 16.4 Å². The molecule has 2 amide bonds. The van der Waals surface area contributed by atoms with Gasteiger partial charge < -0.3 is 19.8 Å². The molecule has 0 spiro atoms. The van der Waals surface area contributed by atoms with Gasteiger partial charge >= 0.3 is 5.76 Å². The van der Waals surface area contributed by atoms with Crippen molar-refractivity contribution in [1.82, 2.24) is 25.3 Å². The second-order valence-electron chi connectivity index (χ2n) is 12.3. The topological polar surface area (TPSA) is 136 Å². The molecule has 1 aromatic heterocycles. The summed E-state index contributed by atoms with van der Waals surface area (Å²) in [5.74, 6) is -2.24. The average molecular weight is 620 g/mol. The van der Waals surface area contributed by atoms with Crippen molar-refractivity contribution in [2.45, 2.75) is 85.0 Å². The van der Waals surface area contributed by atoms with E-state index >= 15 is 0 Å². The molecular formula is C31H46ClN5O6. The molecule has 1 saturated carbocycles. The van der Waals surface area contributed by atoms with Crippen LogP contribution in [0.5, 0.6) is 0 Å². The van der Waals surface area contributed by atoms with E-state index in [9.17, 15) is 19.2 Å². The van der Waals surface area contributed by atoms with E-state index in [4.69, 9.17) is 9.15 Å². The minimum absolute atomic E-state index is 0. The van der Waals surface area contributed by atoms with Gasteiger partial charge in [-0.1, -0.05) is 58.7 Å². The number of hydrogen-bond acceptors (Lipinski definition) is 8. The van der Waals surface area contributed by atoms with Crippen molar-refractivity contribution >= 4 is 30.0 Å². The summed E-state index contributed by atoms with van der Waals surface area (Å²) >= 11 is 0. The maximum absolute atomic E-state index is 13.7. The Morgan fingerprint density at radius 1 is 1.02 bits per heavy atom. The van der Waals surface area contributed by atoms with Gasteiger partial charge in [-0.25, -0.2) is 4.79 Å². The summed E-state index contributed by atoms with van der Waals surface area (Å²) < 4.78 is 11.8. The smallest absolute Gasteiger partial charge is 0.384 e. The zero-order valence-electron chi connectivity index (χ0n) is 25.7. The summed E-state index contributed by atoms with van der Waals surface area (Å²) in [6, 6.07) is 6.33. The fraction of sp³-hybridized carbons (Fsp3) is 0.645. The summed E-state index contributed by atoms with van der Waals surface area (Å²) in [7, 11) is 0. The van der Waals surface area contributed by atoms with E-state index in [1.54, 1.807) is 0 Å². The van der Waals surface area contributed by atoms with Crippen LogP contribution in [0, 0.1) is 17.8 Å². The number of benzene rings is 1. The second kappa shape index (κ2) is 16.2. The highest BCUT2D eigenvalue weighted by molar-refractivity contribution is 5.99. The lowest BCUT2D eigenvalue weighted by molar-refractivity contribution is -0.127. The van der Waals surface area contributed by atoms with Gasteiger partial charge in [-0.15, -0.1) is 17.5 Å². The molecule has 1 aliphatic heterocycles. The molecule has 2 aliphatic rings. The van der Waals surface area contributed by atoms with E-state index in [2.05, 4.69) is 20.6 Å². The summed E-state index contributed by atoms with van der Waals surface area (Å²) in [4.78, 5) is 55.1. The number of carbonyl (C=O) groups excluding carboxylic acids is 3. The number of nitrogens with one attached hydrogen (secondary N) is 2. The zero-order valence-corrected chi connectivity index (χ0v) is 26.5. The maximum Gasteiger partial charge on any atom is 0.437 e. The molecule has 0 radical (unpaired) electrons. The number of hydrogen-bond donors (Lipinski definition) is 2. The van der Waals surface area contributed by atoms with Crippen LogP contribution in [-0.4, -0.2) is 70.7 Å². The number of rotatable bonds is 12. The molecule has 2 aromatic rings. The highest BCUT2D eigenvalue weighted by Crippen LogP contribution is 2.26. The Labute approximate surface area is 259 Å². The molecule has 1 aliphatic carbocycles. The van der Waals surface area contributed by atoms with Gasteiger partial charge in [0.1, 0.15) is 0 Å². The van der Waals surface area contributed by atoms with Gasteiger partial charge in [0.25, 0.3) is 11.8 Å². The number of nitrogens with zero attached hydrogens (tertiary/aromatic N) is 3. The number of ketones is 1. The first-order valence-electron chi connectivity index (χ1n) is 15.2. The van der Waals surface area contributed by atoms with Crippen molar-refractivity contribution in [2.75, 3.05) is 26.3 Å². The summed E-state index contributed by atoms with van der Waals surface area (Å²) in [5, 5.41) is 10.2. The van der Waals surface area contributed by atoms with Crippen LogP contribution in [-0.2, 0) is 22.6 Å². The first-order valence-corrected chi connectivity index (χ1v) is 15.2. The van der Waals surface area contributed by atoms with E-state index in [1.807, 2.05) is 52.0 Å². The number of amides is 2. The Hall–Kier alpha value is -3.02. The van der Waals surface area contributed by atoms with Gasteiger partial charge in [-0.3, -0.25) is 19.3 Å². The quantitative estimate of drug-likeness (QED) is 0.345. The predicted molar refractivity (Wildman–Crippen MR) is 164 cm³/mol. The summed E-state index contributed by atoms with van der Waals surface area (Å²) in [5.41, 5.74) is 1.54. The Morgan fingerprint density at radius 2 is 1.72 bits per heavy atom. The summed E-state index contributed by atoms with van der Waals surface area (Å²) in [6.07, 6.45) is 3.40. The maximum atomic E-state index is 13.7. The van der Waals surface area contributed by atoms with Gasteiger partial charge in [-0.2, -0.15) is 4.68 Å². The molecule has 12 heteroatoms. The fourth-order valence-electron chi connectivity index (χ4n) is 5.74. The van der Waals surface area contributed by atoms with Crippen molar-refractivity contribution in [2.24, 2.45) is 17.8 Å². The van der Waals surface area contributed by atoms with Crippen molar-refractivity contribution in [3.05, 3.63) is 51.8 Å². The van der Waals surface area contributed by atoms with Gasteiger partial charge in [-0.05, 0) is 42.7 Å². The number of ether oxygens (including phenoxy) is 1. The minimum atomic E-state index is -0.893. The van der Waals surface area contributed by atoms with Crippen molar-refractivity contribution in [3.8, 4) is 0 Å². The molecule has 0 bridgehead atoms. The lowest BCUT2D eigenvalue weighted by Gasteiger charge is -2.33. The Kier molecular flexibility index (Phi) is 13.0. The molecule has 1 aromatic carbocycles. The van der Waals surface area contributed by atoms with Gasteiger partial charge in [0, 0.05) is 31.2 Å². The van der Waals surface area contributed by atoms with Gasteiger partial charge in [0.15, 0.2) is 0 Å². The molecule has 4 rings (SSSR count). The lowest BCUT2D eigenvalue weighted by atomic mass is 9.83. The SMILES string of the molecule is CC(C)CC(NC(=O)[C@@H]1CCCC[C@@H]1NC(=O)c1ccccc1CN1CCOCC1)C(=O)c1nn(CC(C)C)c(=O)o1.Cl. The van der Waals surface area contributed by atoms with Crippen LogP contribution in [0.2, 0.25) is 0 Å². The molecule has 238 valence electrons. The zero-order chi connectivity index (χ0) is 30.2. The molecule has 11 nitrogen and oxygen atoms in total. The predicted octanol–water partition coefficient (Wildman–Crippen LogP) is 3.45. The van der Waals surface area contributed by atoms with Crippen molar-refractivity contribution in [1.29, 1.82) is 0 Å². The van der Waals surface area contributed by atoms with Crippen LogP contribution in [0.3, 0.4) is 0 Å². The average Bonchev–Trinajstić information content (AvgIpc) is 3.32. The number of carbonyl (C=O) groups is 3. The largest absolute Gasteiger partial charge is 0.437 e. The minimum Gasteiger partial charge on any atom is -0.384 e. The van der Waals surface area contributed by atoms with Gasteiger partial charge in [0.2, 0.25) is 11.7 Å². The molecule has 1 saturated heterocycles. The van der Waals surface area contributed by atoms with Crippen LogP contribution in [0.15, 0.2) is 33.5 Å². The highest BCUT2D eigenvalue weighted by atomic mass is 35.5. The molecule has 2 fully saturated rings. The Morgan fingerprint density at radius 3 is 2.42 bits per heavy atom. The van der Waals surface area contributed by atoms with E-state index in [0.29, 0.717) is 51.1 Å². The number of halogens is 1. The highest BCUT2D eigenvalue weighted by Gasteiger charge is 2.36. The molecule has 2 heterocycles. The van der Waals surface area contributed by atoms with E-state index in [0.717, 1.165) is 36.2 Å². The number of morpholine rings is 1. The van der Waals surface area contributed by atoms with E-state index in [-0.39, 0.29) is 48.0 Å². The van der Waals surface area contributed by atoms with Crippen LogP contribution >= 0.6 is 12.4 Å². The van der Waals surface area contributed by atoms with Crippen molar-refractivity contribution < 1.29 is 23.5 Å². The molecule has 1 unspecified atom stereocenters. The molecular weight excluding hydrogens is 574 g/mol. The third-order valence-electron chi connectivity index (χ3n) is 7.87. The molecule has 43 heavy (non-hydrogen) atoms. The van der Waals surface area contributed by atoms with Gasteiger partial charge in [0.05, 0.1) is 31.7 Å². The van der Waals surface area contributed by atoms with E-state index < -0.39 is 23.5 Å². The van der Waals surface area contributed by atoms with Crippen LogP contribution in [0.4, 0.5) is 0 Å². The third-order valence-corrected chi connectivity index (χ3v) is 7.87. The van der Waals surface area contributed by atoms with Crippen LogP contribution in [0.1, 0.15) is 86.4 Å². The van der Waals surface area contributed by atoms with E-state index in [1.165, 1.54) is 0 Å². The first kappa shape index (κ1) is 34.5. The molecule has 3 atom stereocenters.